The van der Waals surface area contributed by atoms with Gasteiger partial charge in [0, 0.05) is 25.1 Å². The minimum Gasteiger partial charge on any atom is -0.396 e. The fraction of sp³-hybridized carbons (Fsp3) is 0.714. The molecule has 0 aliphatic heterocycles. The number of hydrogen-bond acceptors (Lipinski definition) is 5. The van der Waals surface area contributed by atoms with Crippen molar-refractivity contribution in [2.24, 2.45) is 5.41 Å². The van der Waals surface area contributed by atoms with Gasteiger partial charge in [0.25, 0.3) is 0 Å². The van der Waals surface area contributed by atoms with Crippen molar-refractivity contribution in [1.82, 2.24) is 9.97 Å². The zero-order chi connectivity index (χ0) is 14.5. The summed E-state index contributed by atoms with van der Waals surface area (Å²) < 4.78 is 0. The third-order valence-corrected chi connectivity index (χ3v) is 3.29. The van der Waals surface area contributed by atoms with Crippen LogP contribution in [0.5, 0.6) is 0 Å². The summed E-state index contributed by atoms with van der Waals surface area (Å²) in [6.45, 7) is 9.33. The van der Waals surface area contributed by atoms with Crippen LogP contribution in [0.3, 0.4) is 0 Å². The molecule has 5 heteroatoms. The van der Waals surface area contributed by atoms with Crippen LogP contribution in [0.25, 0.3) is 0 Å². The van der Waals surface area contributed by atoms with Crippen LogP contribution < -0.4 is 11.1 Å². The van der Waals surface area contributed by atoms with Crippen LogP contribution in [0.15, 0.2) is 0 Å². The lowest BCUT2D eigenvalue weighted by atomic mass is 9.88. The largest absolute Gasteiger partial charge is 0.396 e. The fourth-order valence-corrected chi connectivity index (χ4v) is 1.88. The standard InChI is InChI=1S/C14H26N4O/c1-5-11-17-12(15)10(2)13(18-11)16-9-14(3,4)7-6-8-19/h19H,5-9H2,1-4H3,(H3,15,16,17,18). The lowest BCUT2D eigenvalue weighted by Gasteiger charge is -2.25. The number of hydrogen-bond donors (Lipinski definition) is 3. The van der Waals surface area contributed by atoms with Crippen LogP contribution in [-0.4, -0.2) is 28.2 Å². The summed E-state index contributed by atoms with van der Waals surface area (Å²) in [4.78, 5) is 8.72. The van der Waals surface area contributed by atoms with E-state index in [1.54, 1.807) is 0 Å². The zero-order valence-electron chi connectivity index (χ0n) is 12.5. The summed E-state index contributed by atoms with van der Waals surface area (Å²) >= 11 is 0. The molecule has 0 aliphatic carbocycles. The molecule has 0 fully saturated rings. The number of nitrogens with two attached hydrogens (primary N) is 1. The predicted molar refractivity (Wildman–Crippen MR) is 79.1 cm³/mol. The van der Waals surface area contributed by atoms with Crippen LogP contribution in [0.4, 0.5) is 11.6 Å². The third kappa shape index (κ3) is 4.67. The Morgan fingerprint density at radius 2 is 2.00 bits per heavy atom. The van der Waals surface area contributed by atoms with Crippen molar-refractivity contribution in [2.45, 2.75) is 47.0 Å². The molecule has 0 saturated heterocycles. The van der Waals surface area contributed by atoms with Crippen molar-refractivity contribution in [3.8, 4) is 0 Å². The van der Waals surface area contributed by atoms with E-state index >= 15 is 0 Å². The Bertz CT molecular complexity index is 418. The van der Waals surface area contributed by atoms with Gasteiger partial charge in [-0.3, -0.25) is 0 Å². The first kappa shape index (κ1) is 15.7. The van der Waals surface area contributed by atoms with Gasteiger partial charge in [0.1, 0.15) is 17.5 Å². The molecule has 1 aromatic heterocycles. The molecule has 0 bridgehead atoms. The Kier molecular flexibility index (Phi) is 5.54. The van der Waals surface area contributed by atoms with Gasteiger partial charge in [-0.25, -0.2) is 9.97 Å². The van der Waals surface area contributed by atoms with Gasteiger partial charge in [0.05, 0.1) is 0 Å². The second-order valence-corrected chi connectivity index (χ2v) is 5.70. The van der Waals surface area contributed by atoms with E-state index in [0.29, 0.717) is 5.82 Å². The Hall–Kier alpha value is -1.36. The van der Waals surface area contributed by atoms with E-state index < -0.39 is 0 Å². The van der Waals surface area contributed by atoms with E-state index in [1.807, 2.05) is 13.8 Å². The van der Waals surface area contributed by atoms with Crippen molar-refractivity contribution in [3.05, 3.63) is 11.4 Å². The molecule has 1 heterocycles. The zero-order valence-corrected chi connectivity index (χ0v) is 12.5. The van der Waals surface area contributed by atoms with Gasteiger partial charge < -0.3 is 16.2 Å². The first-order chi connectivity index (χ1) is 8.89. The normalized spacial score (nSPS) is 11.6. The van der Waals surface area contributed by atoms with Crippen molar-refractivity contribution in [2.75, 3.05) is 24.2 Å². The van der Waals surface area contributed by atoms with E-state index in [2.05, 4.69) is 29.1 Å². The summed E-state index contributed by atoms with van der Waals surface area (Å²) in [5.41, 5.74) is 6.90. The molecule has 0 amide bonds. The SMILES string of the molecule is CCc1nc(N)c(C)c(NCC(C)(C)CCCO)n1. The van der Waals surface area contributed by atoms with Crippen molar-refractivity contribution in [1.29, 1.82) is 0 Å². The minimum atomic E-state index is 0.112. The lowest BCUT2D eigenvalue weighted by Crippen LogP contribution is -2.24. The molecular weight excluding hydrogens is 240 g/mol. The van der Waals surface area contributed by atoms with Crippen LogP contribution in [-0.2, 0) is 6.42 Å². The number of anilines is 2. The maximum absolute atomic E-state index is 8.91. The molecule has 0 atom stereocenters. The number of aryl methyl sites for hydroxylation is 1. The Labute approximate surface area is 115 Å². The average molecular weight is 266 g/mol. The van der Waals surface area contributed by atoms with E-state index in [0.717, 1.165) is 43.0 Å². The maximum Gasteiger partial charge on any atom is 0.134 e. The Morgan fingerprint density at radius 1 is 1.32 bits per heavy atom. The monoisotopic (exact) mass is 266 g/mol. The molecule has 0 radical (unpaired) electrons. The highest BCUT2D eigenvalue weighted by atomic mass is 16.2. The van der Waals surface area contributed by atoms with Gasteiger partial charge in [0.15, 0.2) is 0 Å². The molecular formula is C14H26N4O. The summed E-state index contributed by atoms with van der Waals surface area (Å²) in [6, 6.07) is 0. The van der Waals surface area contributed by atoms with Crippen LogP contribution in [0, 0.1) is 12.3 Å². The maximum atomic E-state index is 8.91. The summed E-state index contributed by atoms with van der Waals surface area (Å²) in [5.74, 6) is 2.13. The molecule has 1 rings (SSSR count). The van der Waals surface area contributed by atoms with Crippen LogP contribution >= 0.6 is 0 Å². The highest BCUT2D eigenvalue weighted by molar-refractivity contribution is 5.54. The smallest absolute Gasteiger partial charge is 0.134 e. The topological polar surface area (TPSA) is 84.1 Å². The predicted octanol–water partition coefficient (Wildman–Crippen LogP) is 2.14. The molecule has 5 nitrogen and oxygen atoms in total. The quantitative estimate of drug-likeness (QED) is 0.704. The average Bonchev–Trinajstić information content (AvgIpc) is 2.38. The second kappa shape index (κ2) is 6.70. The van der Waals surface area contributed by atoms with E-state index in [-0.39, 0.29) is 12.0 Å². The Balaban J connectivity index is 2.74. The van der Waals surface area contributed by atoms with E-state index in [4.69, 9.17) is 10.8 Å². The van der Waals surface area contributed by atoms with Gasteiger partial charge in [-0.1, -0.05) is 20.8 Å². The first-order valence-corrected chi connectivity index (χ1v) is 6.87. The molecule has 0 aliphatic rings. The Morgan fingerprint density at radius 3 is 2.58 bits per heavy atom. The number of aliphatic hydroxyl groups is 1. The van der Waals surface area contributed by atoms with E-state index in [9.17, 15) is 0 Å². The number of nitrogens with zero attached hydrogens (tertiary/aromatic N) is 2. The van der Waals surface area contributed by atoms with E-state index in [1.165, 1.54) is 0 Å². The van der Waals surface area contributed by atoms with Gasteiger partial charge in [-0.15, -0.1) is 0 Å². The second-order valence-electron chi connectivity index (χ2n) is 5.70. The molecule has 0 aromatic carbocycles. The number of rotatable bonds is 7. The number of nitrogen functional groups attached to an aromatic ring is 1. The van der Waals surface area contributed by atoms with Gasteiger partial charge in [-0.05, 0) is 25.2 Å². The first-order valence-electron chi connectivity index (χ1n) is 6.87. The molecule has 1 aromatic rings. The van der Waals surface area contributed by atoms with Gasteiger partial charge in [-0.2, -0.15) is 0 Å². The highest BCUT2D eigenvalue weighted by Crippen LogP contribution is 2.24. The fourth-order valence-electron chi connectivity index (χ4n) is 1.88. The summed E-state index contributed by atoms with van der Waals surface area (Å²) in [7, 11) is 0. The third-order valence-electron chi connectivity index (χ3n) is 3.29. The van der Waals surface area contributed by atoms with Crippen LogP contribution in [0.2, 0.25) is 0 Å². The number of nitrogens with one attached hydrogen (secondary N) is 1. The van der Waals surface area contributed by atoms with Gasteiger partial charge in [0.2, 0.25) is 0 Å². The summed E-state index contributed by atoms with van der Waals surface area (Å²) in [6.07, 6.45) is 2.56. The highest BCUT2D eigenvalue weighted by Gasteiger charge is 2.18. The summed E-state index contributed by atoms with van der Waals surface area (Å²) in [5, 5.41) is 12.3. The van der Waals surface area contributed by atoms with Crippen molar-refractivity contribution in [3.63, 3.8) is 0 Å². The molecule has 0 unspecified atom stereocenters. The molecule has 108 valence electrons. The molecule has 0 saturated carbocycles. The molecule has 4 N–H and O–H groups in total. The van der Waals surface area contributed by atoms with Crippen molar-refractivity contribution >= 4 is 11.6 Å². The van der Waals surface area contributed by atoms with Crippen LogP contribution in [0.1, 0.15) is 45.0 Å². The molecule has 0 spiro atoms. The van der Waals surface area contributed by atoms with Crippen molar-refractivity contribution < 1.29 is 5.11 Å². The lowest BCUT2D eigenvalue weighted by molar-refractivity contribution is 0.248. The minimum absolute atomic E-state index is 0.112. The molecule has 19 heavy (non-hydrogen) atoms. The van der Waals surface area contributed by atoms with Gasteiger partial charge >= 0.3 is 0 Å². The number of aromatic nitrogens is 2. The number of aliphatic hydroxyl groups excluding tert-OH is 1.